The van der Waals surface area contributed by atoms with E-state index in [0.29, 0.717) is 12.1 Å². The molecule has 1 rings (SSSR count). The Morgan fingerprint density at radius 3 is 2.39 bits per heavy atom. The maximum Gasteiger partial charge on any atom is 0.0518 e. The van der Waals surface area contributed by atoms with Crippen molar-refractivity contribution in [2.75, 3.05) is 13.2 Å². The van der Waals surface area contributed by atoms with Crippen molar-refractivity contribution in [3.8, 4) is 0 Å². The van der Waals surface area contributed by atoms with Crippen LogP contribution in [0.4, 0.5) is 0 Å². The minimum atomic E-state index is 0.315. The summed E-state index contributed by atoms with van der Waals surface area (Å²) in [7, 11) is 0. The Kier molecular flexibility index (Phi) is 6.99. The summed E-state index contributed by atoms with van der Waals surface area (Å²) in [6.07, 6.45) is 2.50. The predicted octanol–water partition coefficient (Wildman–Crippen LogP) is 3.85. The fourth-order valence-corrected chi connectivity index (χ4v) is 1.93. The van der Waals surface area contributed by atoms with E-state index < -0.39 is 0 Å². The average Bonchev–Trinajstić information content (AvgIpc) is 2.34. The molecule has 0 aliphatic carbocycles. The number of hydrogen-bond donors (Lipinski definition) is 1. The Bertz CT molecular complexity index is 318. The van der Waals surface area contributed by atoms with Crippen LogP contribution >= 0.6 is 0 Å². The Hall–Kier alpha value is -0.860. The molecule has 0 heterocycles. The molecule has 18 heavy (non-hydrogen) atoms. The molecule has 1 N–H and O–H groups in total. The van der Waals surface area contributed by atoms with Gasteiger partial charge in [0.1, 0.15) is 0 Å². The van der Waals surface area contributed by atoms with Gasteiger partial charge in [0.25, 0.3) is 0 Å². The molecule has 0 saturated heterocycles. The Morgan fingerprint density at radius 1 is 1.17 bits per heavy atom. The molecule has 1 unspecified atom stereocenters. The predicted molar refractivity (Wildman–Crippen MR) is 77.9 cm³/mol. The average molecular weight is 249 g/mol. The van der Waals surface area contributed by atoms with Gasteiger partial charge in [-0.3, -0.25) is 0 Å². The van der Waals surface area contributed by atoms with Crippen molar-refractivity contribution >= 4 is 0 Å². The summed E-state index contributed by atoms with van der Waals surface area (Å²) in [6.45, 7) is 10.4. The quantitative estimate of drug-likeness (QED) is 0.755. The number of ether oxygens (including phenoxy) is 1. The molecule has 1 aromatic carbocycles. The highest BCUT2D eigenvalue weighted by Gasteiger charge is 2.10. The first-order chi connectivity index (χ1) is 8.63. The molecule has 0 aromatic heterocycles. The Balaban J connectivity index is 2.56. The third-order valence-electron chi connectivity index (χ3n) is 2.98. The van der Waals surface area contributed by atoms with Crippen molar-refractivity contribution < 1.29 is 4.74 Å². The van der Waals surface area contributed by atoms with Crippen LogP contribution in [-0.4, -0.2) is 19.3 Å². The maximum atomic E-state index is 5.66. The zero-order valence-electron chi connectivity index (χ0n) is 12.2. The highest BCUT2D eigenvalue weighted by Crippen LogP contribution is 2.17. The van der Waals surface area contributed by atoms with Gasteiger partial charge < -0.3 is 10.1 Å². The van der Waals surface area contributed by atoms with E-state index in [1.54, 1.807) is 0 Å². The van der Waals surface area contributed by atoms with Crippen molar-refractivity contribution in [1.29, 1.82) is 0 Å². The van der Waals surface area contributed by atoms with Crippen molar-refractivity contribution in [3.05, 3.63) is 35.4 Å². The summed E-state index contributed by atoms with van der Waals surface area (Å²) in [4.78, 5) is 0. The second kappa shape index (κ2) is 8.28. The molecule has 0 bridgehead atoms. The third kappa shape index (κ3) is 5.65. The lowest BCUT2D eigenvalue weighted by Gasteiger charge is -2.20. The second-order valence-corrected chi connectivity index (χ2v) is 5.13. The van der Waals surface area contributed by atoms with E-state index >= 15 is 0 Å². The van der Waals surface area contributed by atoms with Crippen LogP contribution in [0.5, 0.6) is 0 Å². The molecule has 0 aliphatic heterocycles. The lowest BCUT2D eigenvalue weighted by Crippen LogP contribution is -2.24. The summed E-state index contributed by atoms with van der Waals surface area (Å²) < 4.78 is 5.66. The van der Waals surface area contributed by atoms with E-state index in [4.69, 9.17) is 4.74 Å². The van der Waals surface area contributed by atoms with E-state index in [2.05, 4.69) is 57.3 Å². The molecule has 102 valence electrons. The van der Waals surface area contributed by atoms with Gasteiger partial charge >= 0.3 is 0 Å². The highest BCUT2D eigenvalue weighted by atomic mass is 16.5. The monoisotopic (exact) mass is 249 g/mol. The molecule has 0 aliphatic rings. The molecule has 2 nitrogen and oxygen atoms in total. The summed E-state index contributed by atoms with van der Waals surface area (Å²) in [5.41, 5.74) is 2.67. The number of hydrogen-bond acceptors (Lipinski definition) is 2. The lowest BCUT2D eigenvalue weighted by molar-refractivity contribution is 0.0715. The molecule has 0 radical (unpaired) electrons. The number of rotatable bonds is 8. The molecular formula is C16H27NO. The molecular weight excluding hydrogens is 222 g/mol. The van der Waals surface area contributed by atoms with Gasteiger partial charge in [0.15, 0.2) is 0 Å². The summed E-state index contributed by atoms with van der Waals surface area (Å²) in [5, 5.41) is 3.60. The first-order valence-corrected chi connectivity index (χ1v) is 7.05. The van der Waals surface area contributed by atoms with Crippen molar-refractivity contribution in [2.24, 2.45) is 0 Å². The van der Waals surface area contributed by atoms with Crippen LogP contribution in [0.1, 0.15) is 50.8 Å². The van der Waals surface area contributed by atoms with E-state index in [1.165, 1.54) is 11.1 Å². The normalized spacial score (nSPS) is 12.9. The first-order valence-electron chi connectivity index (χ1n) is 7.05. The molecule has 1 atom stereocenters. The molecule has 0 spiro atoms. The molecule has 0 amide bonds. The molecule has 0 fully saturated rings. The van der Waals surface area contributed by atoms with E-state index in [-0.39, 0.29) is 0 Å². The highest BCUT2D eigenvalue weighted by molar-refractivity contribution is 5.24. The summed E-state index contributed by atoms with van der Waals surface area (Å²) >= 11 is 0. The van der Waals surface area contributed by atoms with Gasteiger partial charge in [0, 0.05) is 12.6 Å². The van der Waals surface area contributed by atoms with Gasteiger partial charge in [0.2, 0.25) is 0 Å². The number of benzene rings is 1. The van der Waals surface area contributed by atoms with Crippen LogP contribution in [0.3, 0.4) is 0 Å². The topological polar surface area (TPSA) is 21.3 Å². The minimum absolute atomic E-state index is 0.315. The van der Waals surface area contributed by atoms with Gasteiger partial charge in [-0.15, -0.1) is 0 Å². The maximum absolute atomic E-state index is 5.66. The van der Waals surface area contributed by atoms with Crippen molar-refractivity contribution in [3.63, 3.8) is 0 Å². The fraction of sp³-hybridized carbons (Fsp3) is 0.625. The third-order valence-corrected chi connectivity index (χ3v) is 2.98. The number of nitrogens with one attached hydrogen (secondary N) is 1. The van der Waals surface area contributed by atoms with E-state index in [0.717, 1.165) is 26.0 Å². The number of aryl methyl sites for hydroxylation is 1. The van der Waals surface area contributed by atoms with E-state index in [9.17, 15) is 0 Å². The Labute approximate surface area is 112 Å². The van der Waals surface area contributed by atoms with Crippen LogP contribution < -0.4 is 5.32 Å². The van der Waals surface area contributed by atoms with Gasteiger partial charge in [-0.1, -0.05) is 36.8 Å². The van der Waals surface area contributed by atoms with Gasteiger partial charge in [-0.2, -0.15) is 0 Å². The standard InChI is InChI=1S/C16H27NO/c1-5-11-17-16(10-12-18-13(2)3)15-8-6-14(4)7-9-15/h6-9,13,16-17H,5,10-12H2,1-4H3. The zero-order valence-corrected chi connectivity index (χ0v) is 12.2. The first kappa shape index (κ1) is 15.2. The van der Waals surface area contributed by atoms with Crippen LogP contribution in [0, 0.1) is 6.92 Å². The molecule has 2 heteroatoms. The largest absolute Gasteiger partial charge is 0.379 e. The van der Waals surface area contributed by atoms with Crippen LogP contribution in [0.15, 0.2) is 24.3 Å². The minimum Gasteiger partial charge on any atom is -0.379 e. The van der Waals surface area contributed by atoms with Gasteiger partial charge in [-0.05, 0) is 45.7 Å². The van der Waals surface area contributed by atoms with Gasteiger partial charge in [-0.25, -0.2) is 0 Å². The zero-order chi connectivity index (χ0) is 13.4. The van der Waals surface area contributed by atoms with Crippen molar-refractivity contribution in [1.82, 2.24) is 5.32 Å². The molecule has 1 aromatic rings. The van der Waals surface area contributed by atoms with Gasteiger partial charge in [0.05, 0.1) is 6.10 Å². The smallest absolute Gasteiger partial charge is 0.0518 e. The second-order valence-electron chi connectivity index (χ2n) is 5.13. The molecule has 0 saturated carbocycles. The Morgan fingerprint density at radius 2 is 1.83 bits per heavy atom. The SMILES string of the molecule is CCCNC(CCOC(C)C)c1ccc(C)cc1. The van der Waals surface area contributed by atoms with Crippen molar-refractivity contribution in [2.45, 2.75) is 52.7 Å². The summed E-state index contributed by atoms with van der Waals surface area (Å²) in [6, 6.07) is 9.21. The van der Waals surface area contributed by atoms with E-state index in [1.807, 2.05) is 0 Å². The summed E-state index contributed by atoms with van der Waals surface area (Å²) in [5.74, 6) is 0. The van der Waals surface area contributed by atoms with Crippen LogP contribution in [0.25, 0.3) is 0 Å². The fourth-order valence-electron chi connectivity index (χ4n) is 1.93. The van der Waals surface area contributed by atoms with Crippen LogP contribution in [-0.2, 0) is 4.74 Å². The lowest BCUT2D eigenvalue weighted by atomic mass is 10.0. The van der Waals surface area contributed by atoms with Crippen LogP contribution in [0.2, 0.25) is 0 Å².